The Morgan fingerprint density at radius 2 is 2.00 bits per heavy atom. The van der Waals surface area contributed by atoms with E-state index in [-0.39, 0.29) is 12.1 Å². The van der Waals surface area contributed by atoms with Gasteiger partial charge in [0.1, 0.15) is 11.3 Å². The van der Waals surface area contributed by atoms with Crippen LogP contribution in [0.15, 0.2) is 41.1 Å². The molecular formula is C14H14F3N3O2. The number of aromatic nitrogens is 1. The fourth-order valence-electron chi connectivity index (χ4n) is 1.94. The van der Waals surface area contributed by atoms with Gasteiger partial charge in [0, 0.05) is 6.07 Å². The van der Waals surface area contributed by atoms with Gasteiger partial charge in [-0.25, -0.2) is 0 Å². The number of amides is 1. The highest BCUT2D eigenvalue weighted by molar-refractivity contribution is 5.85. The monoisotopic (exact) mass is 313 g/mol. The molecule has 22 heavy (non-hydrogen) atoms. The summed E-state index contributed by atoms with van der Waals surface area (Å²) in [5.41, 5.74) is 3.17. The van der Waals surface area contributed by atoms with Crippen LogP contribution in [0.25, 0.3) is 0 Å². The molecule has 118 valence electrons. The molecule has 1 amide bonds. The Morgan fingerprint density at radius 3 is 2.55 bits per heavy atom. The third-order valence-electron chi connectivity index (χ3n) is 3.37. The van der Waals surface area contributed by atoms with Gasteiger partial charge in [0.2, 0.25) is 5.91 Å². The fraction of sp³-hybridized carbons (Fsp3) is 0.286. The van der Waals surface area contributed by atoms with E-state index >= 15 is 0 Å². The number of hydrogen-bond acceptors (Lipinski definition) is 4. The van der Waals surface area contributed by atoms with E-state index in [1.54, 1.807) is 6.07 Å². The molecule has 1 aromatic carbocycles. The van der Waals surface area contributed by atoms with Crippen LogP contribution in [0.3, 0.4) is 0 Å². The van der Waals surface area contributed by atoms with Gasteiger partial charge in [0.15, 0.2) is 0 Å². The highest BCUT2D eigenvalue weighted by Gasteiger charge is 2.36. The maximum Gasteiger partial charge on any atom is 0.416 e. The summed E-state index contributed by atoms with van der Waals surface area (Å²) in [6, 6.07) is 6.04. The molecule has 0 aliphatic rings. The van der Waals surface area contributed by atoms with Gasteiger partial charge in [-0.15, -0.1) is 0 Å². The Morgan fingerprint density at radius 1 is 1.32 bits per heavy atom. The Hall–Kier alpha value is -2.35. The molecule has 2 aromatic rings. The molecule has 1 heterocycles. The van der Waals surface area contributed by atoms with Gasteiger partial charge >= 0.3 is 6.18 Å². The van der Waals surface area contributed by atoms with E-state index in [4.69, 9.17) is 10.3 Å². The number of primary amides is 1. The van der Waals surface area contributed by atoms with Gasteiger partial charge in [-0.3, -0.25) is 10.1 Å². The van der Waals surface area contributed by atoms with Crippen LogP contribution >= 0.6 is 0 Å². The molecule has 0 saturated heterocycles. The predicted molar refractivity (Wildman–Crippen MR) is 71.3 cm³/mol. The first kappa shape index (κ1) is 16.0. The van der Waals surface area contributed by atoms with Crippen LogP contribution in [0, 0.1) is 0 Å². The molecule has 0 aliphatic heterocycles. The molecule has 0 radical (unpaired) electrons. The smallest absolute Gasteiger partial charge is 0.368 e. The number of halogens is 3. The van der Waals surface area contributed by atoms with Crippen LogP contribution in [-0.2, 0) is 23.1 Å². The molecule has 1 aromatic heterocycles. The summed E-state index contributed by atoms with van der Waals surface area (Å²) in [6.45, 7) is 1.51. The Kier molecular flexibility index (Phi) is 4.23. The van der Waals surface area contributed by atoms with Crippen LogP contribution in [0.5, 0.6) is 0 Å². The molecule has 0 saturated carbocycles. The lowest BCUT2D eigenvalue weighted by molar-refractivity contribution is -0.138. The first-order chi connectivity index (χ1) is 10.2. The SMILES string of the molecule is CC(NCc1ccno1)(C(N)=O)c1cccc(C(F)(F)F)c1. The quantitative estimate of drug-likeness (QED) is 0.886. The summed E-state index contributed by atoms with van der Waals surface area (Å²) in [7, 11) is 0. The van der Waals surface area contributed by atoms with E-state index in [9.17, 15) is 18.0 Å². The molecule has 3 N–H and O–H groups in total. The largest absolute Gasteiger partial charge is 0.416 e. The van der Waals surface area contributed by atoms with Crippen molar-refractivity contribution in [1.82, 2.24) is 10.5 Å². The predicted octanol–water partition coefficient (Wildman–Crippen LogP) is 2.18. The van der Waals surface area contributed by atoms with Crippen molar-refractivity contribution in [2.75, 3.05) is 0 Å². The molecule has 1 unspecified atom stereocenters. The van der Waals surface area contributed by atoms with Crippen molar-refractivity contribution in [3.05, 3.63) is 53.4 Å². The highest BCUT2D eigenvalue weighted by atomic mass is 19.4. The normalized spacial score (nSPS) is 14.5. The van der Waals surface area contributed by atoms with Gasteiger partial charge in [-0.1, -0.05) is 17.3 Å². The lowest BCUT2D eigenvalue weighted by Gasteiger charge is -2.28. The van der Waals surface area contributed by atoms with Crippen molar-refractivity contribution in [2.24, 2.45) is 5.73 Å². The Bertz CT molecular complexity index is 656. The number of hydrogen-bond donors (Lipinski definition) is 2. The summed E-state index contributed by atoms with van der Waals surface area (Å²) in [5, 5.41) is 6.32. The summed E-state index contributed by atoms with van der Waals surface area (Å²) in [5.74, 6) is -0.370. The topological polar surface area (TPSA) is 81.2 Å². The first-order valence-electron chi connectivity index (χ1n) is 6.36. The zero-order valence-corrected chi connectivity index (χ0v) is 11.6. The fourth-order valence-corrected chi connectivity index (χ4v) is 1.94. The third-order valence-corrected chi connectivity index (χ3v) is 3.37. The van der Waals surface area contributed by atoms with Crippen LogP contribution in [0.1, 0.15) is 23.8 Å². The van der Waals surface area contributed by atoms with E-state index < -0.39 is 23.2 Å². The minimum absolute atomic E-state index is 0.0929. The lowest BCUT2D eigenvalue weighted by Crippen LogP contribution is -2.50. The number of benzene rings is 1. The molecule has 0 fully saturated rings. The minimum Gasteiger partial charge on any atom is -0.368 e. The van der Waals surface area contributed by atoms with E-state index in [0.717, 1.165) is 12.1 Å². The van der Waals surface area contributed by atoms with Gasteiger partial charge < -0.3 is 10.3 Å². The zero-order valence-electron chi connectivity index (χ0n) is 11.6. The molecule has 5 nitrogen and oxygen atoms in total. The molecule has 8 heteroatoms. The average molecular weight is 313 g/mol. The standard InChI is InChI=1S/C14H14F3N3O2/c1-13(12(18)21,19-8-11-5-6-20-22-11)9-3-2-4-10(7-9)14(15,16)17/h2-7,19H,8H2,1H3,(H2,18,21). The summed E-state index contributed by atoms with van der Waals surface area (Å²) < 4.78 is 43.3. The second-order valence-corrected chi connectivity index (χ2v) is 4.90. The molecular weight excluding hydrogens is 299 g/mol. The van der Waals surface area contributed by atoms with Crippen molar-refractivity contribution < 1.29 is 22.5 Å². The van der Waals surface area contributed by atoms with Crippen LogP contribution in [0.2, 0.25) is 0 Å². The number of nitrogens with two attached hydrogens (primary N) is 1. The van der Waals surface area contributed by atoms with Gasteiger partial charge in [-0.2, -0.15) is 13.2 Å². The van der Waals surface area contributed by atoms with Crippen molar-refractivity contribution in [2.45, 2.75) is 25.2 Å². The van der Waals surface area contributed by atoms with Gasteiger partial charge in [0.05, 0.1) is 18.3 Å². The second kappa shape index (κ2) is 5.80. The summed E-state index contributed by atoms with van der Waals surface area (Å²) >= 11 is 0. The second-order valence-electron chi connectivity index (χ2n) is 4.90. The Labute approximate surface area is 124 Å². The molecule has 0 aliphatic carbocycles. The van der Waals surface area contributed by atoms with Crippen molar-refractivity contribution in [1.29, 1.82) is 0 Å². The molecule has 0 spiro atoms. The van der Waals surface area contributed by atoms with E-state index in [1.807, 2.05) is 0 Å². The van der Waals surface area contributed by atoms with Crippen molar-refractivity contribution in [3.63, 3.8) is 0 Å². The van der Waals surface area contributed by atoms with Gasteiger partial charge in [-0.05, 0) is 24.6 Å². The number of carbonyl (C=O) groups excluding carboxylic acids is 1. The molecule has 1 atom stereocenters. The van der Waals surface area contributed by atoms with E-state index in [1.165, 1.54) is 25.3 Å². The van der Waals surface area contributed by atoms with Gasteiger partial charge in [0.25, 0.3) is 0 Å². The number of rotatable bonds is 5. The highest BCUT2D eigenvalue weighted by Crippen LogP contribution is 2.32. The average Bonchev–Trinajstić information content (AvgIpc) is 2.97. The first-order valence-corrected chi connectivity index (χ1v) is 6.36. The lowest BCUT2D eigenvalue weighted by atomic mass is 9.89. The molecule has 0 bridgehead atoms. The van der Waals surface area contributed by atoms with Crippen LogP contribution in [0.4, 0.5) is 13.2 Å². The maximum absolute atomic E-state index is 12.8. The maximum atomic E-state index is 12.8. The zero-order chi connectivity index (χ0) is 16.4. The van der Waals surface area contributed by atoms with E-state index in [0.29, 0.717) is 5.76 Å². The summed E-state index contributed by atoms with van der Waals surface area (Å²) in [6.07, 6.45) is -3.08. The van der Waals surface area contributed by atoms with Crippen molar-refractivity contribution >= 4 is 5.91 Å². The number of carbonyl (C=O) groups is 1. The minimum atomic E-state index is -4.50. The van der Waals surface area contributed by atoms with Crippen LogP contribution < -0.4 is 11.1 Å². The van der Waals surface area contributed by atoms with Crippen LogP contribution in [-0.4, -0.2) is 11.1 Å². The third kappa shape index (κ3) is 3.28. The van der Waals surface area contributed by atoms with Crippen molar-refractivity contribution in [3.8, 4) is 0 Å². The number of alkyl halides is 3. The molecule has 2 rings (SSSR count). The number of nitrogens with zero attached hydrogens (tertiary/aromatic N) is 1. The number of nitrogens with one attached hydrogen (secondary N) is 1. The van der Waals surface area contributed by atoms with E-state index in [2.05, 4.69) is 10.5 Å². The Balaban J connectivity index is 2.32. The summed E-state index contributed by atoms with van der Waals surface area (Å²) in [4.78, 5) is 11.8.